The molecule has 100 valence electrons. The van der Waals surface area contributed by atoms with Crippen LogP contribution in [0, 0.1) is 5.82 Å². The van der Waals surface area contributed by atoms with Crippen molar-refractivity contribution >= 4 is 11.6 Å². The summed E-state index contributed by atoms with van der Waals surface area (Å²) in [5.41, 5.74) is 1.59. The lowest BCUT2D eigenvalue weighted by Gasteiger charge is -2.20. The second-order valence-electron chi connectivity index (χ2n) is 4.33. The molecule has 2 rings (SSSR count). The van der Waals surface area contributed by atoms with E-state index in [1.807, 2.05) is 12.1 Å². The molecular formula is C15H16ClFN2. The number of nitrogens with one attached hydrogen (secondary N) is 1. The van der Waals surface area contributed by atoms with Crippen molar-refractivity contribution in [2.75, 3.05) is 6.54 Å². The van der Waals surface area contributed by atoms with E-state index in [4.69, 9.17) is 11.6 Å². The van der Waals surface area contributed by atoms with Crippen molar-refractivity contribution < 1.29 is 4.39 Å². The maximum Gasteiger partial charge on any atom is 0.129 e. The van der Waals surface area contributed by atoms with Crippen LogP contribution in [0.2, 0.25) is 5.02 Å². The molecule has 0 aliphatic heterocycles. The minimum Gasteiger partial charge on any atom is -0.306 e. The molecule has 0 aliphatic rings. The summed E-state index contributed by atoms with van der Waals surface area (Å²) in [6, 6.07) is 8.38. The summed E-state index contributed by atoms with van der Waals surface area (Å²) in [4.78, 5) is 4.00. The Kier molecular flexibility index (Phi) is 4.88. The van der Waals surface area contributed by atoms with Crippen LogP contribution in [-0.4, -0.2) is 11.5 Å². The molecule has 0 fully saturated rings. The summed E-state index contributed by atoms with van der Waals surface area (Å²) in [7, 11) is 0. The van der Waals surface area contributed by atoms with Crippen LogP contribution in [0.25, 0.3) is 0 Å². The summed E-state index contributed by atoms with van der Waals surface area (Å²) in [6.45, 7) is 2.89. The van der Waals surface area contributed by atoms with Crippen molar-refractivity contribution in [2.24, 2.45) is 0 Å². The highest BCUT2D eigenvalue weighted by Gasteiger charge is 2.17. The zero-order valence-corrected chi connectivity index (χ0v) is 11.5. The van der Waals surface area contributed by atoms with E-state index in [0.29, 0.717) is 10.6 Å². The Morgan fingerprint density at radius 2 is 2.00 bits per heavy atom. The number of aromatic nitrogens is 1. The molecule has 0 saturated carbocycles. The lowest BCUT2D eigenvalue weighted by Crippen LogP contribution is -2.24. The first kappa shape index (κ1) is 14.0. The van der Waals surface area contributed by atoms with Gasteiger partial charge in [0.25, 0.3) is 0 Å². The SMILES string of the molecule is CCCNC(c1ccncc1)c1ccc(Cl)cc1F. The maximum atomic E-state index is 14.1. The van der Waals surface area contributed by atoms with Crippen molar-refractivity contribution in [1.29, 1.82) is 0 Å². The van der Waals surface area contributed by atoms with Gasteiger partial charge in [-0.3, -0.25) is 4.98 Å². The quantitative estimate of drug-likeness (QED) is 0.895. The van der Waals surface area contributed by atoms with Crippen LogP contribution in [0.5, 0.6) is 0 Å². The molecule has 0 amide bonds. The number of rotatable bonds is 5. The molecule has 2 aromatic rings. The first-order valence-corrected chi connectivity index (χ1v) is 6.68. The Morgan fingerprint density at radius 3 is 2.63 bits per heavy atom. The Bertz CT molecular complexity index is 531. The predicted molar refractivity (Wildman–Crippen MR) is 75.8 cm³/mol. The topological polar surface area (TPSA) is 24.9 Å². The highest BCUT2D eigenvalue weighted by molar-refractivity contribution is 6.30. The summed E-state index contributed by atoms with van der Waals surface area (Å²) < 4.78 is 14.1. The van der Waals surface area contributed by atoms with Gasteiger partial charge in [-0.25, -0.2) is 4.39 Å². The molecule has 2 nitrogen and oxygen atoms in total. The Balaban J connectivity index is 2.37. The molecule has 0 bridgehead atoms. The van der Waals surface area contributed by atoms with Crippen LogP contribution in [-0.2, 0) is 0 Å². The zero-order valence-electron chi connectivity index (χ0n) is 10.7. The average molecular weight is 279 g/mol. The van der Waals surface area contributed by atoms with Gasteiger partial charge in [0.1, 0.15) is 5.82 Å². The fourth-order valence-electron chi connectivity index (χ4n) is 1.99. The molecule has 1 aromatic heterocycles. The third-order valence-electron chi connectivity index (χ3n) is 2.91. The fraction of sp³-hybridized carbons (Fsp3) is 0.267. The molecule has 4 heteroatoms. The van der Waals surface area contributed by atoms with Gasteiger partial charge in [0.2, 0.25) is 0 Å². The van der Waals surface area contributed by atoms with E-state index in [1.165, 1.54) is 6.07 Å². The lowest BCUT2D eigenvalue weighted by molar-refractivity contribution is 0.546. The van der Waals surface area contributed by atoms with Gasteiger partial charge in [-0.05, 0) is 42.8 Å². The number of halogens is 2. The van der Waals surface area contributed by atoms with Crippen molar-refractivity contribution in [2.45, 2.75) is 19.4 Å². The highest BCUT2D eigenvalue weighted by Crippen LogP contribution is 2.26. The zero-order chi connectivity index (χ0) is 13.7. The number of hydrogen-bond acceptors (Lipinski definition) is 2. The van der Waals surface area contributed by atoms with Crippen LogP contribution in [0.1, 0.15) is 30.5 Å². The summed E-state index contributed by atoms with van der Waals surface area (Å²) in [5, 5.41) is 3.76. The van der Waals surface area contributed by atoms with E-state index in [-0.39, 0.29) is 11.9 Å². The van der Waals surface area contributed by atoms with E-state index in [0.717, 1.165) is 18.5 Å². The van der Waals surface area contributed by atoms with Crippen molar-refractivity contribution in [3.8, 4) is 0 Å². The van der Waals surface area contributed by atoms with Gasteiger partial charge in [0.15, 0.2) is 0 Å². The van der Waals surface area contributed by atoms with Crippen LogP contribution in [0.15, 0.2) is 42.7 Å². The normalized spacial score (nSPS) is 12.4. The molecule has 1 unspecified atom stereocenters. The third-order valence-corrected chi connectivity index (χ3v) is 3.15. The Hall–Kier alpha value is -1.45. The molecule has 1 N–H and O–H groups in total. The molecule has 0 saturated heterocycles. The molecule has 0 radical (unpaired) electrons. The first-order valence-electron chi connectivity index (χ1n) is 6.30. The van der Waals surface area contributed by atoms with Crippen molar-refractivity contribution in [1.82, 2.24) is 10.3 Å². The second-order valence-corrected chi connectivity index (χ2v) is 4.77. The molecule has 0 aliphatic carbocycles. The van der Waals surface area contributed by atoms with E-state index in [9.17, 15) is 4.39 Å². The molecular weight excluding hydrogens is 263 g/mol. The summed E-state index contributed by atoms with van der Waals surface area (Å²) >= 11 is 5.80. The number of pyridine rings is 1. The van der Waals surface area contributed by atoms with Gasteiger partial charge in [-0.1, -0.05) is 24.6 Å². The first-order chi connectivity index (χ1) is 9.22. The monoisotopic (exact) mass is 278 g/mol. The van der Waals surface area contributed by atoms with E-state index in [1.54, 1.807) is 24.5 Å². The Morgan fingerprint density at radius 1 is 1.26 bits per heavy atom. The highest BCUT2D eigenvalue weighted by atomic mass is 35.5. The number of hydrogen-bond donors (Lipinski definition) is 1. The largest absolute Gasteiger partial charge is 0.306 e. The average Bonchev–Trinajstić information content (AvgIpc) is 2.42. The smallest absolute Gasteiger partial charge is 0.129 e. The predicted octanol–water partition coefficient (Wildman–Crippen LogP) is 3.96. The molecule has 1 aromatic carbocycles. The van der Waals surface area contributed by atoms with Crippen molar-refractivity contribution in [3.63, 3.8) is 0 Å². The van der Waals surface area contributed by atoms with Gasteiger partial charge in [0.05, 0.1) is 6.04 Å². The van der Waals surface area contributed by atoms with Gasteiger partial charge in [-0.2, -0.15) is 0 Å². The van der Waals surface area contributed by atoms with Crippen LogP contribution >= 0.6 is 11.6 Å². The molecule has 19 heavy (non-hydrogen) atoms. The lowest BCUT2D eigenvalue weighted by atomic mass is 9.99. The molecule has 0 spiro atoms. The van der Waals surface area contributed by atoms with Gasteiger partial charge < -0.3 is 5.32 Å². The molecule has 1 heterocycles. The van der Waals surface area contributed by atoms with Gasteiger partial charge in [-0.15, -0.1) is 0 Å². The van der Waals surface area contributed by atoms with Crippen LogP contribution < -0.4 is 5.32 Å². The van der Waals surface area contributed by atoms with Gasteiger partial charge >= 0.3 is 0 Å². The summed E-state index contributed by atoms with van der Waals surface area (Å²) in [6.07, 6.45) is 4.41. The van der Waals surface area contributed by atoms with Crippen molar-refractivity contribution in [3.05, 3.63) is 64.7 Å². The maximum absolute atomic E-state index is 14.1. The minimum atomic E-state index is -0.294. The number of nitrogens with zero attached hydrogens (tertiary/aromatic N) is 1. The standard InChI is InChI=1S/C15H16ClFN2/c1-2-7-19-15(11-5-8-18-9-6-11)13-4-3-12(16)10-14(13)17/h3-6,8-10,15,19H,2,7H2,1H3. The summed E-state index contributed by atoms with van der Waals surface area (Å²) in [5.74, 6) is -0.294. The number of benzene rings is 1. The third kappa shape index (κ3) is 3.52. The van der Waals surface area contributed by atoms with E-state index >= 15 is 0 Å². The minimum absolute atomic E-state index is 0.180. The van der Waals surface area contributed by atoms with Gasteiger partial charge in [0, 0.05) is 23.0 Å². The fourth-order valence-corrected chi connectivity index (χ4v) is 2.15. The van der Waals surface area contributed by atoms with Crippen LogP contribution in [0.4, 0.5) is 4.39 Å². The van der Waals surface area contributed by atoms with E-state index in [2.05, 4.69) is 17.2 Å². The van der Waals surface area contributed by atoms with E-state index < -0.39 is 0 Å². The molecule has 1 atom stereocenters. The van der Waals surface area contributed by atoms with Crippen LogP contribution in [0.3, 0.4) is 0 Å². The second kappa shape index (κ2) is 6.64. The Labute approximate surface area is 117 Å².